The number of nitrogens with one attached hydrogen (secondary N) is 3. The summed E-state index contributed by atoms with van der Waals surface area (Å²) in [5.41, 5.74) is 6.56. The van der Waals surface area contributed by atoms with Gasteiger partial charge in [0, 0.05) is 12.2 Å². The maximum absolute atomic E-state index is 12.3. The highest BCUT2D eigenvalue weighted by Crippen LogP contribution is 2.04. The third-order valence-electron chi connectivity index (χ3n) is 4.22. The average molecular weight is 439 g/mol. The van der Waals surface area contributed by atoms with Crippen LogP contribution in [-0.4, -0.2) is 59.2 Å². The van der Waals surface area contributed by atoms with E-state index < -0.39 is 48.4 Å². The van der Waals surface area contributed by atoms with E-state index in [-0.39, 0.29) is 18.1 Å². The highest BCUT2D eigenvalue weighted by atomic mass is 32.1. The van der Waals surface area contributed by atoms with Crippen molar-refractivity contribution >= 4 is 36.3 Å². The van der Waals surface area contributed by atoms with Crippen LogP contribution in [0.15, 0.2) is 30.3 Å². The molecule has 9 nitrogen and oxygen atoms in total. The normalized spacial score (nSPS) is 13.8. The van der Waals surface area contributed by atoms with E-state index in [1.54, 1.807) is 30.3 Å². The Bertz CT molecular complexity index is 729. The van der Waals surface area contributed by atoms with Crippen LogP contribution < -0.4 is 21.7 Å². The van der Waals surface area contributed by atoms with Gasteiger partial charge in [-0.2, -0.15) is 12.6 Å². The quantitative estimate of drug-likeness (QED) is 0.247. The van der Waals surface area contributed by atoms with Crippen LogP contribution in [0.25, 0.3) is 0 Å². The van der Waals surface area contributed by atoms with Gasteiger partial charge in [-0.05, 0) is 17.9 Å². The Balaban J connectivity index is 2.54. The first-order chi connectivity index (χ1) is 14.1. The van der Waals surface area contributed by atoms with Crippen molar-refractivity contribution in [3.05, 3.63) is 35.9 Å². The van der Waals surface area contributed by atoms with Crippen LogP contribution in [0.1, 0.15) is 25.8 Å². The Labute approximate surface area is 181 Å². The second-order valence-corrected chi connectivity index (χ2v) is 7.71. The smallest absolute Gasteiger partial charge is 0.326 e. The number of nitrogens with two attached hydrogens (primary N) is 1. The van der Waals surface area contributed by atoms with Crippen molar-refractivity contribution in [2.75, 3.05) is 12.3 Å². The zero-order valence-electron chi connectivity index (χ0n) is 17.1. The molecule has 0 fully saturated rings. The van der Waals surface area contributed by atoms with Crippen LogP contribution in [0.3, 0.4) is 0 Å². The maximum atomic E-state index is 12.3. The summed E-state index contributed by atoms with van der Waals surface area (Å²) in [6.45, 7) is 3.42. The van der Waals surface area contributed by atoms with E-state index in [9.17, 15) is 24.3 Å². The molecule has 0 bridgehead atoms. The number of hydrogen-bond acceptors (Lipinski definition) is 6. The van der Waals surface area contributed by atoms with Crippen LogP contribution in [0.2, 0.25) is 0 Å². The fourth-order valence-electron chi connectivity index (χ4n) is 2.67. The third-order valence-corrected chi connectivity index (χ3v) is 4.58. The lowest BCUT2D eigenvalue weighted by Crippen LogP contribution is -2.54. The van der Waals surface area contributed by atoms with Crippen LogP contribution >= 0.6 is 12.6 Å². The number of benzene rings is 1. The van der Waals surface area contributed by atoms with Gasteiger partial charge in [-0.15, -0.1) is 0 Å². The van der Waals surface area contributed by atoms with E-state index in [0.29, 0.717) is 6.42 Å². The number of carboxylic acid groups (broad SMARTS) is 1. The standard InChI is InChI=1S/C20H30N4O5S/c1-12(2)8-14(21)18(26)24-16(11-30)19(27)22-10-17(25)23-15(20(28)29)9-13-6-4-3-5-7-13/h3-7,12,14-16,30H,8-11,21H2,1-2H3,(H,22,27)(H,23,25)(H,24,26)(H,28,29). The Morgan fingerprint density at radius 2 is 1.67 bits per heavy atom. The van der Waals surface area contributed by atoms with E-state index in [1.165, 1.54) is 0 Å². The predicted octanol–water partition coefficient (Wildman–Crippen LogP) is -0.297. The molecule has 166 valence electrons. The van der Waals surface area contributed by atoms with Crippen LogP contribution in [0.5, 0.6) is 0 Å². The van der Waals surface area contributed by atoms with E-state index in [4.69, 9.17) is 5.73 Å². The first kappa shape index (κ1) is 25.4. The van der Waals surface area contributed by atoms with Crippen molar-refractivity contribution in [2.24, 2.45) is 11.7 Å². The van der Waals surface area contributed by atoms with Crippen LogP contribution in [-0.2, 0) is 25.6 Å². The molecule has 3 unspecified atom stereocenters. The summed E-state index contributed by atoms with van der Waals surface area (Å²) >= 11 is 4.06. The molecular weight excluding hydrogens is 408 g/mol. The van der Waals surface area contributed by atoms with Gasteiger partial charge in [-0.25, -0.2) is 4.79 Å². The highest BCUT2D eigenvalue weighted by molar-refractivity contribution is 7.80. The van der Waals surface area contributed by atoms with E-state index >= 15 is 0 Å². The number of thiol groups is 1. The van der Waals surface area contributed by atoms with Crippen molar-refractivity contribution in [3.8, 4) is 0 Å². The third kappa shape index (κ3) is 9.27. The SMILES string of the molecule is CC(C)CC(N)C(=O)NC(CS)C(=O)NCC(=O)NC(Cc1ccccc1)C(=O)O. The highest BCUT2D eigenvalue weighted by Gasteiger charge is 2.24. The topological polar surface area (TPSA) is 151 Å². The Kier molecular flexibility index (Phi) is 10.9. The molecule has 10 heteroatoms. The number of rotatable bonds is 12. The molecule has 0 heterocycles. The van der Waals surface area contributed by atoms with Crippen molar-refractivity contribution in [2.45, 2.75) is 44.8 Å². The Morgan fingerprint density at radius 1 is 1.03 bits per heavy atom. The van der Waals surface area contributed by atoms with Gasteiger partial charge in [-0.3, -0.25) is 14.4 Å². The molecule has 1 aromatic rings. The first-order valence-electron chi connectivity index (χ1n) is 9.64. The summed E-state index contributed by atoms with van der Waals surface area (Å²) in [7, 11) is 0. The summed E-state index contributed by atoms with van der Waals surface area (Å²) in [5, 5.41) is 16.6. The lowest BCUT2D eigenvalue weighted by molar-refractivity contribution is -0.141. The molecule has 30 heavy (non-hydrogen) atoms. The number of carbonyl (C=O) groups excluding carboxylic acids is 3. The Morgan fingerprint density at radius 3 is 2.20 bits per heavy atom. The van der Waals surface area contributed by atoms with Gasteiger partial charge in [0.25, 0.3) is 0 Å². The molecule has 0 saturated carbocycles. The second kappa shape index (κ2) is 12.9. The van der Waals surface area contributed by atoms with Gasteiger partial charge in [0.15, 0.2) is 0 Å². The van der Waals surface area contributed by atoms with Gasteiger partial charge in [0.2, 0.25) is 17.7 Å². The second-order valence-electron chi connectivity index (χ2n) is 7.35. The fourth-order valence-corrected chi connectivity index (χ4v) is 2.93. The minimum Gasteiger partial charge on any atom is -0.480 e. The average Bonchev–Trinajstić information content (AvgIpc) is 2.69. The molecule has 3 amide bonds. The molecule has 0 saturated heterocycles. The molecule has 0 aliphatic carbocycles. The molecule has 3 atom stereocenters. The van der Waals surface area contributed by atoms with Gasteiger partial charge in [-0.1, -0.05) is 44.2 Å². The lowest BCUT2D eigenvalue weighted by atomic mass is 10.0. The zero-order valence-corrected chi connectivity index (χ0v) is 18.0. The van der Waals surface area contributed by atoms with E-state index in [1.807, 2.05) is 13.8 Å². The monoisotopic (exact) mass is 438 g/mol. The maximum Gasteiger partial charge on any atom is 0.326 e. The number of hydrogen-bond donors (Lipinski definition) is 6. The molecular formula is C20H30N4O5S. The zero-order chi connectivity index (χ0) is 22.7. The van der Waals surface area contributed by atoms with E-state index in [0.717, 1.165) is 5.56 Å². The molecule has 0 aliphatic rings. The summed E-state index contributed by atoms with van der Waals surface area (Å²) in [4.78, 5) is 47.9. The van der Waals surface area contributed by atoms with Crippen molar-refractivity contribution in [1.82, 2.24) is 16.0 Å². The number of amides is 3. The minimum atomic E-state index is -1.18. The predicted molar refractivity (Wildman–Crippen MR) is 116 cm³/mol. The number of aliphatic carboxylic acids is 1. The van der Waals surface area contributed by atoms with Gasteiger partial charge in [0.05, 0.1) is 12.6 Å². The number of carboxylic acids is 1. The molecule has 1 rings (SSSR count). The first-order valence-corrected chi connectivity index (χ1v) is 10.3. The minimum absolute atomic E-state index is 0.0132. The van der Waals surface area contributed by atoms with Gasteiger partial charge < -0.3 is 26.8 Å². The number of carbonyl (C=O) groups is 4. The molecule has 6 N–H and O–H groups in total. The van der Waals surface area contributed by atoms with Gasteiger partial charge >= 0.3 is 5.97 Å². The fraction of sp³-hybridized carbons (Fsp3) is 0.500. The lowest BCUT2D eigenvalue weighted by Gasteiger charge is -2.20. The summed E-state index contributed by atoms with van der Waals surface area (Å²) in [6.07, 6.45) is 0.575. The molecule has 0 spiro atoms. The van der Waals surface area contributed by atoms with Crippen molar-refractivity contribution < 1.29 is 24.3 Å². The van der Waals surface area contributed by atoms with Crippen LogP contribution in [0, 0.1) is 5.92 Å². The van der Waals surface area contributed by atoms with Crippen molar-refractivity contribution in [3.63, 3.8) is 0 Å². The largest absolute Gasteiger partial charge is 0.480 e. The Hall–Kier alpha value is -2.59. The molecule has 0 radical (unpaired) electrons. The van der Waals surface area contributed by atoms with Crippen molar-refractivity contribution in [1.29, 1.82) is 0 Å². The van der Waals surface area contributed by atoms with Gasteiger partial charge in [0.1, 0.15) is 12.1 Å². The summed E-state index contributed by atoms with van der Waals surface area (Å²) in [6, 6.07) is 6.02. The summed E-state index contributed by atoms with van der Waals surface area (Å²) in [5.74, 6) is -2.70. The summed E-state index contributed by atoms with van der Waals surface area (Å²) < 4.78 is 0. The van der Waals surface area contributed by atoms with E-state index in [2.05, 4.69) is 28.6 Å². The molecule has 0 aliphatic heterocycles. The van der Waals surface area contributed by atoms with Crippen LogP contribution in [0.4, 0.5) is 0 Å². The molecule has 0 aromatic heterocycles. The molecule has 1 aromatic carbocycles.